The Bertz CT molecular complexity index is 953. The molecular formula is C33H48N2O3. The number of carbonyl (C=O) groups excluding carboxylic acids is 2. The third-order valence-corrected chi connectivity index (χ3v) is 6.75. The second-order valence-electron chi connectivity index (χ2n) is 10.3. The average molecular weight is 521 g/mol. The first-order chi connectivity index (χ1) is 18.6. The van der Waals surface area contributed by atoms with Crippen LogP contribution in [0, 0.1) is 6.92 Å². The van der Waals surface area contributed by atoms with Crippen molar-refractivity contribution < 1.29 is 14.3 Å². The lowest BCUT2D eigenvalue weighted by Gasteiger charge is -2.05. The maximum Gasteiger partial charge on any atom is 0.343 e. The van der Waals surface area contributed by atoms with E-state index in [1.165, 1.54) is 83.5 Å². The highest BCUT2D eigenvalue weighted by atomic mass is 16.5. The summed E-state index contributed by atoms with van der Waals surface area (Å²) in [6.07, 6.45) is 21.8. The van der Waals surface area contributed by atoms with Gasteiger partial charge in [-0.3, -0.25) is 4.79 Å². The van der Waals surface area contributed by atoms with Crippen molar-refractivity contribution in [3.05, 3.63) is 65.2 Å². The van der Waals surface area contributed by atoms with Gasteiger partial charge in [-0.25, -0.2) is 10.2 Å². The number of nitrogens with one attached hydrogen (secondary N) is 1. The van der Waals surface area contributed by atoms with Gasteiger partial charge in [0.25, 0.3) is 0 Å². The molecule has 0 atom stereocenters. The number of rotatable bonds is 20. The van der Waals surface area contributed by atoms with Crippen LogP contribution in [-0.2, 0) is 4.79 Å². The van der Waals surface area contributed by atoms with E-state index >= 15 is 0 Å². The normalized spacial score (nSPS) is 11.1. The minimum atomic E-state index is -0.388. The van der Waals surface area contributed by atoms with Crippen molar-refractivity contribution in [2.75, 3.05) is 0 Å². The SMILES string of the molecule is CCCCCCCCCCCCCCCCCC(=O)N/N=C/c1ccc(OC(=O)c2cccc(C)c2)cc1. The molecule has 0 heterocycles. The molecule has 0 saturated carbocycles. The zero-order valence-electron chi connectivity index (χ0n) is 23.7. The highest BCUT2D eigenvalue weighted by Crippen LogP contribution is 2.15. The van der Waals surface area contributed by atoms with E-state index in [-0.39, 0.29) is 11.9 Å². The molecule has 208 valence electrons. The van der Waals surface area contributed by atoms with Crippen LogP contribution in [0.3, 0.4) is 0 Å². The van der Waals surface area contributed by atoms with Crippen molar-refractivity contribution in [3.63, 3.8) is 0 Å². The molecule has 0 aromatic heterocycles. The number of amides is 1. The van der Waals surface area contributed by atoms with Crippen LogP contribution in [0.5, 0.6) is 5.75 Å². The van der Waals surface area contributed by atoms with Gasteiger partial charge in [0.05, 0.1) is 11.8 Å². The lowest BCUT2D eigenvalue weighted by atomic mass is 10.0. The summed E-state index contributed by atoms with van der Waals surface area (Å²) >= 11 is 0. The summed E-state index contributed by atoms with van der Waals surface area (Å²) in [6.45, 7) is 4.21. The quantitative estimate of drug-likeness (QED) is 0.0623. The van der Waals surface area contributed by atoms with Crippen molar-refractivity contribution in [1.82, 2.24) is 5.43 Å². The summed E-state index contributed by atoms with van der Waals surface area (Å²) < 4.78 is 5.42. The van der Waals surface area contributed by atoms with Gasteiger partial charge in [-0.1, -0.05) is 115 Å². The second kappa shape index (κ2) is 20.1. The molecule has 0 aliphatic heterocycles. The van der Waals surface area contributed by atoms with E-state index in [0.717, 1.165) is 24.0 Å². The second-order valence-corrected chi connectivity index (χ2v) is 10.3. The Kier molecular flexibility index (Phi) is 16.5. The highest BCUT2D eigenvalue weighted by molar-refractivity contribution is 5.91. The summed E-state index contributed by atoms with van der Waals surface area (Å²) in [5, 5.41) is 4.05. The minimum Gasteiger partial charge on any atom is -0.423 e. The molecule has 0 unspecified atom stereocenters. The van der Waals surface area contributed by atoms with Crippen molar-refractivity contribution in [2.45, 2.75) is 117 Å². The highest BCUT2D eigenvalue weighted by Gasteiger charge is 2.08. The van der Waals surface area contributed by atoms with Gasteiger partial charge in [0, 0.05) is 6.42 Å². The van der Waals surface area contributed by atoms with Crippen LogP contribution in [0.25, 0.3) is 0 Å². The fourth-order valence-corrected chi connectivity index (χ4v) is 4.45. The Morgan fingerprint density at radius 2 is 1.32 bits per heavy atom. The maximum atomic E-state index is 12.3. The number of aryl methyl sites for hydroxylation is 1. The number of carbonyl (C=O) groups is 2. The van der Waals surface area contributed by atoms with Crippen LogP contribution in [0.15, 0.2) is 53.6 Å². The average Bonchev–Trinajstić information content (AvgIpc) is 2.92. The predicted molar refractivity (Wildman–Crippen MR) is 158 cm³/mol. The fraction of sp³-hybridized carbons (Fsp3) is 0.545. The van der Waals surface area contributed by atoms with Crippen LogP contribution < -0.4 is 10.2 Å². The molecule has 38 heavy (non-hydrogen) atoms. The van der Waals surface area contributed by atoms with Crippen LogP contribution in [-0.4, -0.2) is 18.1 Å². The molecule has 0 saturated heterocycles. The number of hydrogen-bond donors (Lipinski definition) is 1. The van der Waals surface area contributed by atoms with E-state index in [0.29, 0.717) is 17.7 Å². The first-order valence-electron chi connectivity index (χ1n) is 14.8. The molecule has 2 rings (SSSR count). The Morgan fingerprint density at radius 1 is 0.763 bits per heavy atom. The van der Waals surface area contributed by atoms with Crippen LogP contribution in [0.2, 0.25) is 0 Å². The number of nitrogens with zero attached hydrogens (tertiary/aromatic N) is 1. The van der Waals surface area contributed by atoms with Gasteiger partial charge >= 0.3 is 5.97 Å². The lowest BCUT2D eigenvalue weighted by Crippen LogP contribution is -2.16. The van der Waals surface area contributed by atoms with E-state index in [4.69, 9.17) is 4.74 Å². The molecule has 5 heteroatoms. The summed E-state index contributed by atoms with van der Waals surface area (Å²) in [6, 6.07) is 14.3. The van der Waals surface area contributed by atoms with Crippen LogP contribution >= 0.6 is 0 Å². The van der Waals surface area contributed by atoms with Crippen molar-refractivity contribution in [3.8, 4) is 5.75 Å². The molecule has 1 N–H and O–H groups in total. The van der Waals surface area contributed by atoms with Gasteiger partial charge in [0.15, 0.2) is 0 Å². The number of hydrazone groups is 1. The first-order valence-corrected chi connectivity index (χ1v) is 14.8. The molecule has 0 spiro atoms. The first kappa shape index (κ1) is 31.3. The Balaban J connectivity index is 1.46. The number of unbranched alkanes of at least 4 members (excludes halogenated alkanes) is 14. The standard InChI is InChI=1S/C33H48N2O3/c1-3-4-5-6-7-8-9-10-11-12-13-14-15-16-17-21-32(36)35-34-27-29-22-24-31(25-23-29)38-33(37)30-20-18-19-28(2)26-30/h18-20,22-27H,3-17,21H2,1-2H3,(H,35,36)/b34-27+. The maximum absolute atomic E-state index is 12.3. The summed E-state index contributed by atoms with van der Waals surface area (Å²) in [7, 11) is 0. The molecule has 0 radical (unpaired) electrons. The Hall–Kier alpha value is -2.95. The molecule has 0 aliphatic carbocycles. The number of ether oxygens (including phenoxy) is 1. The number of esters is 1. The molecule has 1 amide bonds. The topological polar surface area (TPSA) is 67.8 Å². The minimum absolute atomic E-state index is 0.0559. The van der Waals surface area contributed by atoms with E-state index in [1.807, 2.05) is 19.1 Å². The molecule has 0 aliphatic rings. The third kappa shape index (κ3) is 14.7. The van der Waals surface area contributed by atoms with Gasteiger partial charge in [-0.15, -0.1) is 0 Å². The monoisotopic (exact) mass is 520 g/mol. The number of benzene rings is 2. The number of hydrogen-bond acceptors (Lipinski definition) is 4. The smallest absolute Gasteiger partial charge is 0.343 e. The zero-order chi connectivity index (χ0) is 27.3. The summed E-state index contributed by atoms with van der Waals surface area (Å²) in [5.41, 5.74) is 4.94. The van der Waals surface area contributed by atoms with Crippen molar-refractivity contribution >= 4 is 18.1 Å². The summed E-state index contributed by atoms with van der Waals surface area (Å²) in [4.78, 5) is 24.3. The molecular weight excluding hydrogens is 472 g/mol. The van der Waals surface area contributed by atoms with Gasteiger partial charge in [-0.05, 0) is 55.3 Å². The van der Waals surface area contributed by atoms with E-state index in [9.17, 15) is 9.59 Å². The van der Waals surface area contributed by atoms with Gasteiger partial charge in [0.1, 0.15) is 5.75 Å². The Labute approximate surface area is 230 Å². The van der Waals surface area contributed by atoms with Crippen LogP contribution in [0.1, 0.15) is 131 Å². The molecule has 2 aromatic rings. The summed E-state index contributed by atoms with van der Waals surface area (Å²) in [5.74, 6) is 0.0201. The van der Waals surface area contributed by atoms with Crippen molar-refractivity contribution in [2.24, 2.45) is 5.10 Å². The molecule has 0 bridgehead atoms. The Morgan fingerprint density at radius 3 is 1.87 bits per heavy atom. The third-order valence-electron chi connectivity index (χ3n) is 6.75. The van der Waals surface area contributed by atoms with Crippen molar-refractivity contribution in [1.29, 1.82) is 0 Å². The largest absolute Gasteiger partial charge is 0.423 e. The zero-order valence-corrected chi connectivity index (χ0v) is 23.7. The fourth-order valence-electron chi connectivity index (χ4n) is 4.45. The predicted octanol–water partition coefficient (Wildman–Crippen LogP) is 8.93. The van der Waals surface area contributed by atoms with E-state index in [2.05, 4.69) is 17.5 Å². The van der Waals surface area contributed by atoms with Gasteiger partial charge in [-0.2, -0.15) is 5.10 Å². The van der Waals surface area contributed by atoms with E-state index in [1.54, 1.807) is 42.6 Å². The van der Waals surface area contributed by atoms with E-state index < -0.39 is 0 Å². The van der Waals surface area contributed by atoms with Gasteiger partial charge in [0.2, 0.25) is 5.91 Å². The molecule has 5 nitrogen and oxygen atoms in total. The molecule has 0 fully saturated rings. The molecule has 2 aromatic carbocycles. The van der Waals surface area contributed by atoms with Gasteiger partial charge < -0.3 is 4.74 Å². The lowest BCUT2D eigenvalue weighted by molar-refractivity contribution is -0.121. The van der Waals surface area contributed by atoms with Crippen LogP contribution in [0.4, 0.5) is 0 Å².